The molecule has 4 rings (SSSR count). The predicted octanol–water partition coefficient (Wildman–Crippen LogP) is 3.86. The van der Waals surface area contributed by atoms with Crippen LogP contribution in [0.1, 0.15) is 29.9 Å². The fraction of sp³-hybridized carbons (Fsp3) is 0.294. The van der Waals surface area contributed by atoms with Crippen molar-refractivity contribution in [1.29, 1.82) is 0 Å². The van der Waals surface area contributed by atoms with Crippen molar-refractivity contribution in [2.75, 3.05) is 7.11 Å². The molecule has 1 fully saturated rings. The van der Waals surface area contributed by atoms with E-state index in [4.69, 9.17) is 9.47 Å². The minimum atomic E-state index is -0.155. The highest BCUT2D eigenvalue weighted by molar-refractivity contribution is 5.50. The van der Waals surface area contributed by atoms with Crippen LogP contribution in [-0.4, -0.2) is 7.11 Å². The van der Waals surface area contributed by atoms with Gasteiger partial charge in [0.25, 0.3) is 0 Å². The standard InChI is InChI=1S/C17H16O2/c1-18-13-6-4-5-12(11-13)17-10-9-15(17)14-7-2-3-8-16(14)19-17/h2-8,11,15H,9-10H2,1H3/t15-,17+/m1/s1. The quantitative estimate of drug-likeness (QED) is 0.808. The van der Waals surface area contributed by atoms with Gasteiger partial charge in [0.1, 0.15) is 17.1 Å². The summed E-state index contributed by atoms with van der Waals surface area (Å²) in [5.41, 5.74) is 2.44. The van der Waals surface area contributed by atoms with Gasteiger partial charge in [-0.25, -0.2) is 0 Å². The van der Waals surface area contributed by atoms with E-state index in [1.165, 1.54) is 17.5 Å². The van der Waals surface area contributed by atoms with E-state index in [1.807, 2.05) is 18.2 Å². The van der Waals surface area contributed by atoms with Crippen LogP contribution < -0.4 is 9.47 Å². The van der Waals surface area contributed by atoms with Crippen LogP contribution in [0.25, 0.3) is 0 Å². The smallest absolute Gasteiger partial charge is 0.141 e. The Morgan fingerprint density at radius 1 is 1.16 bits per heavy atom. The van der Waals surface area contributed by atoms with Crippen LogP contribution in [-0.2, 0) is 5.60 Å². The molecule has 1 aliphatic heterocycles. The van der Waals surface area contributed by atoms with Crippen LogP contribution in [0.4, 0.5) is 0 Å². The van der Waals surface area contributed by atoms with E-state index in [-0.39, 0.29) is 5.60 Å². The summed E-state index contributed by atoms with van der Waals surface area (Å²) in [6, 6.07) is 16.7. The average Bonchev–Trinajstić information content (AvgIpc) is 2.67. The molecule has 0 amide bonds. The second-order valence-electron chi connectivity index (χ2n) is 5.35. The Bertz CT molecular complexity index is 635. The monoisotopic (exact) mass is 252 g/mol. The largest absolute Gasteiger partial charge is 0.497 e. The summed E-state index contributed by atoms with van der Waals surface area (Å²) in [5, 5.41) is 0. The lowest BCUT2D eigenvalue weighted by Gasteiger charge is -2.44. The molecule has 2 heteroatoms. The molecular formula is C17H16O2. The second kappa shape index (κ2) is 3.77. The number of benzene rings is 2. The summed E-state index contributed by atoms with van der Waals surface area (Å²) in [6.45, 7) is 0. The van der Waals surface area contributed by atoms with E-state index in [0.29, 0.717) is 5.92 Å². The average molecular weight is 252 g/mol. The predicted molar refractivity (Wildman–Crippen MR) is 73.7 cm³/mol. The molecule has 0 N–H and O–H groups in total. The zero-order chi connectivity index (χ0) is 12.9. The zero-order valence-electron chi connectivity index (χ0n) is 10.9. The first-order valence-electron chi connectivity index (χ1n) is 6.76. The Balaban J connectivity index is 1.80. The Morgan fingerprint density at radius 3 is 2.84 bits per heavy atom. The van der Waals surface area contributed by atoms with Gasteiger partial charge in [0, 0.05) is 11.5 Å². The minimum Gasteiger partial charge on any atom is -0.497 e. The maximum atomic E-state index is 6.32. The fourth-order valence-corrected chi connectivity index (χ4v) is 3.43. The SMILES string of the molecule is COc1cccc([C@@]23CC[C@@H]2c2ccccc2O3)c1. The molecule has 1 heterocycles. The highest BCUT2D eigenvalue weighted by Gasteiger charge is 2.56. The molecule has 1 aliphatic carbocycles. The van der Waals surface area contributed by atoms with Crippen molar-refractivity contribution in [1.82, 2.24) is 0 Å². The van der Waals surface area contributed by atoms with Gasteiger partial charge >= 0.3 is 0 Å². The van der Waals surface area contributed by atoms with E-state index < -0.39 is 0 Å². The van der Waals surface area contributed by atoms with Crippen LogP contribution in [0.15, 0.2) is 48.5 Å². The topological polar surface area (TPSA) is 18.5 Å². The third-order valence-corrected chi connectivity index (χ3v) is 4.51. The molecule has 2 aliphatic rings. The molecule has 2 aromatic carbocycles. The second-order valence-corrected chi connectivity index (χ2v) is 5.35. The van der Waals surface area contributed by atoms with Gasteiger partial charge < -0.3 is 9.47 Å². The first-order chi connectivity index (χ1) is 9.33. The third-order valence-electron chi connectivity index (χ3n) is 4.51. The van der Waals surface area contributed by atoms with Crippen molar-refractivity contribution in [2.45, 2.75) is 24.4 Å². The first kappa shape index (κ1) is 10.9. The molecule has 0 aromatic heterocycles. The number of rotatable bonds is 2. The van der Waals surface area contributed by atoms with Gasteiger partial charge in [-0.2, -0.15) is 0 Å². The summed E-state index contributed by atoms with van der Waals surface area (Å²) in [6.07, 6.45) is 2.29. The van der Waals surface area contributed by atoms with Crippen molar-refractivity contribution in [2.24, 2.45) is 0 Å². The Hall–Kier alpha value is -1.96. The van der Waals surface area contributed by atoms with Gasteiger partial charge in [-0.3, -0.25) is 0 Å². The summed E-state index contributed by atoms with van der Waals surface area (Å²) in [4.78, 5) is 0. The Kier molecular flexibility index (Phi) is 2.16. The Morgan fingerprint density at radius 2 is 2.05 bits per heavy atom. The molecule has 0 bridgehead atoms. The summed E-state index contributed by atoms with van der Waals surface area (Å²) in [7, 11) is 1.71. The van der Waals surface area contributed by atoms with Crippen LogP contribution in [0.3, 0.4) is 0 Å². The maximum absolute atomic E-state index is 6.32. The van der Waals surface area contributed by atoms with Gasteiger partial charge in [-0.15, -0.1) is 0 Å². The number of para-hydroxylation sites is 1. The Labute approximate surface area is 113 Å². The maximum Gasteiger partial charge on any atom is 0.141 e. The summed E-state index contributed by atoms with van der Waals surface area (Å²) in [5.74, 6) is 2.45. The van der Waals surface area contributed by atoms with Gasteiger partial charge in [-0.1, -0.05) is 30.3 Å². The lowest BCUT2D eigenvalue weighted by molar-refractivity contribution is -0.0100. The van der Waals surface area contributed by atoms with Gasteiger partial charge in [0.05, 0.1) is 7.11 Å². The molecule has 96 valence electrons. The van der Waals surface area contributed by atoms with Crippen LogP contribution >= 0.6 is 0 Å². The number of methoxy groups -OCH3 is 1. The van der Waals surface area contributed by atoms with E-state index in [1.54, 1.807) is 7.11 Å². The number of hydrogen-bond acceptors (Lipinski definition) is 2. The highest BCUT2D eigenvalue weighted by Crippen LogP contribution is 2.61. The van der Waals surface area contributed by atoms with E-state index in [9.17, 15) is 0 Å². The first-order valence-corrected chi connectivity index (χ1v) is 6.76. The molecule has 2 nitrogen and oxygen atoms in total. The zero-order valence-corrected chi connectivity index (χ0v) is 10.9. The third kappa shape index (κ3) is 1.37. The van der Waals surface area contributed by atoms with Crippen molar-refractivity contribution >= 4 is 0 Å². The lowest BCUT2D eigenvalue weighted by atomic mass is 9.64. The summed E-state index contributed by atoms with van der Waals surface area (Å²) < 4.78 is 11.7. The van der Waals surface area contributed by atoms with Gasteiger partial charge in [0.2, 0.25) is 0 Å². The van der Waals surface area contributed by atoms with Crippen molar-refractivity contribution in [3.05, 3.63) is 59.7 Å². The fourth-order valence-electron chi connectivity index (χ4n) is 3.43. The molecule has 2 aromatic rings. The molecule has 2 atom stereocenters. The van der Waals surface area contributed by atoms with Crippen molar-refractivity contribution in [3.63, 3.8) is 0 Å². The van der Waals surface area contributed by atoms with Crippen LogP contribution in [0.5, 0.6) is 11.5 Å². The number of hydrogen-bond donors (Lipinski definition) is 0. The molecule has 0 unspecified atom stereocenters. The molecule has 1 saturated carbocycles. The van der Waals surface area contributed by atoms with Gasteiger partial charge in [-0.05, 0) is 36.6 Å². The molecule has 0 spiro atoms. The number of ether oxygens (including phenoxy) is 2. The normalized spacial score (nSPS) is 26.9. The molecular weight excluding hydrogens is 236 g/mol. The van der Waals surface area contributed by atoms with E-state index in [2.05, 4.69) is 30.3 Å². The van der Waals surface area contributed by atoms with E-state index in [0.717, 1.165) is 17.9 Å². The molecule has 19 heavy (non-hydrogen) atoms. The minimum absolute atomic E-state index is 0.155. The lowest BCUT2D eigenvalue weighted by Crippen LogP contribution is -2.43. The van der Waals surface area contributed by atoms with E-state index >= 15 is 0 Å². The number of fused-ring (bicyclic) bond motifs is 3. The van der Waals surface area contributed by atoms with Crippen LogP contribution in [0, 0.1) is 0 Å². The highest BCUT2D eigenvalue weighted by atomic mass is 16.5. The molecule has 0 radical (unpaired) electrons. The van der Waals surface area contributed by atoms with Crippen molar-refractivity contribution in [3.8, 4) is 11.5 Å². The molecule has 0 saturated heterocycles. The van der Waals surface area contributed by atoms with Crippen molar-refractivity contribution < 1.29 is 9.47 Å². The van der Waals surface area contributed by atoms with Gasteiger partial charge in [0.15, 0.2) is 0 Å². The summed E-state index contributed by atoms with van der Waals surface area (Å²) >= 11 is 0. The van der Waals surface area contributed by atoms with Crippen LogP contribution in [0.2, 0.25) is 0 Å².